The number of hydrogen-bond donors (Lipinski definition) is 1. The monoisotopic (exact) mass is 306 g/mol. The van der Waals surface area contributed by atoms with Gasteiger partial charge in [-0.15, -0.1) is 6.42 Å². The molecule has 0 aromatic rings. The maximum atomic E-state index is 9.15. The molecule has 0 fully saturated rings. The summed E-state index contributed by atoms with van der Waals surface area (Å²) < 4.78 is 0. The Hall–Kier alpha value is -0.740. The molecular weight excluding hydrogens is 268 g/mol. The zero-order chi connectivity index (χ0) is 16.5. The molecule has 0 saturated carbocycles. The molecule has 1 atom stereocenters. The highest BCUT2D eigenvalue weighted by Gasteiger charge is 1.95. The van der Waals surface area contributed by atoms with Gasteiger partial charge in [0.25, 0.3) is 0 Å². The van der Waals surface area contributed by atoms with Crippen molar-refractivity contribution in [2.75, 3.05) is 0 Å². The van der Waals surface area contributed by atoms with Crippen LogP contribution in [0.15, 0.2) is 12.2 Å². The number of hydrogen-bond acceptors (Lipinski definition) is 1. The predicted octanol–water partition coefficient (Wildman–Crippen LogP) is 6.26. The van der Waals surface area contributed by atoms with Crippen LogP contribution in [0.25, 0.3) is 0 Å². The second-order valence-corrected chi connectivity index (χ2v) is 6.90. The van der Waals surface area contributed by atoms with Crippen molar-refractivity contribution < 1.29 is 5.11 Å². The van der Waals surface area contributed by atoms with E-state index in [0.29, 0.717) is 0 Å². The molecule has 0 spiro atoms. The Balaban J connectivity index is 3.09. The average molecular weight is 307 g/mol. The molecule has 0 amide bonds. The van der Waals surface area contributed by atoms with E-state index >= 15 is 0 Å². The van der Waals surface area contributed by atoms with Crippen molar-refractivity contribution in [2.24, 2.45) is 5.92 Å². The Bertz CT molecular complexity index is 285. The minimum absolute atomic E-state index is 0.703. The van der Waals surface area contributed by atoms with Gasteiger partial charge in [0.1, 0.15) is 6.10 Å². The fraction of sp³-hybridized carbons (Fsp3) is 0.810. The Labute approximate surface area is 139 Å². The first-order chi connectivity index (χ1) is 10.7. The third kappa shape index (κ3) is 17.3. The molecule has 0 heterocycles. The van der Waals surface area contributed by atoms with Gasteiger partial charge >= 0.3 is 0 Å². The van der Waals surface area contributed by atoms with Gasteiger partial charge in [-0.3, -0.25) is 0 Å². The van der Waals surface area contributed by atoms with Crippen LogP contribution >= 0.6 is 0 Å². The van der Waals surface area contributed by atoms with Gasteiger partial charge in [-0.05, 0) is 24.8 Å². The van der Waals surface area contributed by atoms with Crippen molar-refractivity contribution in [3.63, 3.8) is 0 Å². The fourth-order valence-corrected chi connectivity index (χ4v) is 2.69. The topological polar surface area (TPSA) is 20.2 Å². The van der Waals surface area contributed by atoms with Gasteiger partial charge in [0.05, 0.1) is 0 Å². The predicted molar refractivity (Wildman–Crippen MR) is 98.8 cm³/mol. The minimum Gasteiger partial charge on any atom is -0.377 e. The molecule has 22 heavy (non-hydrogen) atoms. The standard InChI is InChI=1S/C21H38O/c1-4-21(22)19-17-15-13-11-9-7-5-6-8-10-12-14-16-18-20(2)3/h1,17,19-22H,5-16,18H2,2-3H3/b19-17+/t21-/m1/s1. The summed E-state index contributed by atoms with van der Waals surface area (Å²) in [4.78, 5) is 0. The average Bonchev–Trinajstić information content (AvgIpc) is 2.50. The highest BCUT2D eigenvalue weighted by molar-refractivity contribution is 5.05. The first-order valence-corrected chi connectivity index (χ1v) is 9.47. The van der Waals surface area contributed by atoms with Gasteiger partial charge in [-0.2, -0.15) is 0 Å². The van der Waals surface area contributed by atoms with Crippen molar-refractivity contribution in [3.05, 3.63) is 12.2 Å². The normalized spacial score (nSPS) is 12.9. The Morgan fingerprint density at radius 2 is 1.27 bits per heavy atom. The van der Waals surface area contributed by atoms with Crippen LogP contribution in [-0.2, 0) is 0 Å². The molecule has 1 N–H and O–H groups in total. The molecular formula is C21H38O. The van der Waals surface area contributed by atoms with Crippen LogP contribution in [0.5, 0.6) is 0 Å². The van der Waals surface area contributed by atoms with Gasteiger partial charge in [0.15, 0.2) is 0 Å². The van der Waals surface area contributed by atoms with Crippen molar-refractivity contribution in [3.8, 4) is 12.3 Å². The molecule has 1 heteroatoms. The van der Waals surface area contributed by atoms with Crippen LogP contribution in [0.2, 0.25) is 0 Å². The molecule has 0 aromatic heterocycles. The first kappa shape index (κ1) is 21.3. The van der Waals surface area contributed by atoms with Crippen molar-refractivity contribution >= 4 is 0 Å². The van der Waals surface area contributed by atoms with E-state index in [2.05, 4.69) is 19.8 Å². The smallest absolute Gasteiger partial charge is 0.133 e. The van der Waals surface area contributed by atoms with E-state index in [0.717, 1.165) is 12.3 Å². The zero-order valence-electron chi connectivity index (χ0n) is 15.0. The van der Waals surface area contributed by atoms with E-state index < -0.39 is 6.10 Å². The van der Waals surface area contributed by atoms with Crippen molar-refractivity contribution in [2.45, 2.75) is 103 Å². The van der Waals surface area contributed by atoms with Gasteiger partial charge < -0.3 is 5.11 Å². The third-order valence-corrected chi connectivity index (χ3v) is 4.14. The number of rotatable bonds is 15. The van der Waals surface area contributed by atoms with E-state index in [1.807, 2.05) is 6.08 Å². The summed E-state index contributed by atoms with van der Waals surface area (Å²) in [6, 6.07) is 0. The SMILES string of the molecule is C#C[C@@H](O)/C=C/CCCCCCCCCCCCCC(C)C. The Morgan fingerprint density at radius 1 is 0.818 bits per heavy atom. The summed E-state index contributed by atoms with van der Waals surface area (Å²) in [5.74, 6) is 3.16. The zero-order valence-corrected chi connectivity index (χ0v) is 15.0. The first-order valence-electron chi connectivity index (χ1n) is 9.47. The van der Waals surface area contributed by atoms with E-state index in [4.69, 9.17) is 11.5 Å². The van der Waals surface area contributed by atoms with Crippen LogP contribution in [0, 0.1) is 18.3 Å². The molecule has 0 bridgehead atoms. The number of aliphatic hydroxyl groups is 1. The third-order valence-electron chi connectivity index (χ3n) is 4.14. The lowest BCUT2D eigenvalue weighted by molar-refractivity contribution is 0.280. The fourth-order valence-electron chi connectivity index (χ4n) is 2.69. The quantitative estimate of drug-likeness (QED) is 0.215. The van der Waals surface area contributed by atoms with Crippen LogP contribution < -0.4 is 0 Å². The largest absolute Gasteiger partial charge is 0.377 e. The lowest BCUT2D eigenvalue weighted by Gasteiger charge is -2.04. The number of allylic oxidation sites excluding steroid dienone is 1. The van der Waals surface area contributed by atoms with Gasteiger partial charge in [0.2, 0.25) is 0 Å². The molecule has 1 nitrogen and oxygen atoms in total. The van der Waals surface area contributed by atoms with Crippen LogP contribution in [-0.4, -0.2) is 11.2 Å². The molecule has 0 radical (unpaired) electrons. The van der Waals surface area contributed by atoms with Crippen LogP contribution in [0.1, 0.15) is 97.3 Å². The van der Waals surface area contributed by atoms with Gasteiger partial charge in [-0.25, -0.2) is 0 Å². The minimum atomic E-state index is -0.703. The summed E-state index contributed by atoms with van der Waals surface area (Å²) in [7, 11) is 0. The highest BCUT2D eigenvalue weighted by Crippen LogP contribution is 2.14. The Morgan fingerprint density at radius 3 is 1.73 bits per heavy atom. The summed E-state index contributed by atoms with van der Waals surface area (Å²) in [5, 5.41) is 9.15. The summed E-state index contributed by atoms with van der Waals surface area (Å²) in [6.07, 6.45) is 25.7. The van der Waals surface area contributed by atoms with Crippen molar-refractivity contribution in [1.29, 1.82) is 0 Å². The highest BCUT2D eigenvalue weighted by atomic mass is 16.3. The molecule has 128 valence electrons. The van der Waals surface area contributed by atoms with E-state index in [1.54, 1.807) is 6.08 Å². The lowest BCUT2D eigenvalue weighted by Crippen LogP contribution is -1.95. The number of unbranched alkanes of at least 4 members (excludes halogenated alkanes) is 11. The lowest BCUT2D eigenvalue weighted by atomic mass is 10.0. The maximum absolute atomic E-state index is 9.15. The summed E-state index contributed by atoms with van der Waals surface area (Å²) in [6.45, 7) is 4.63. The van der Waals surface area contributed by atoms with E-state index in [1.165, 1.54) is 77.0 Å². The molecule has 0 saturated heterocycles. The second-order valence-electron chi connectivity index (χ2n) is 6.90. The summed E-state index contributed by atoms with van der Waals surface area (Å²) >= 11 is 0. The summed E-state index contributed by atoms with van der Waals surface area (Å²) in [5.41, 5.74) is 0. The van der Waals surface area contributed by atoms with Gasteiger partial charge in [-0.1, -0.05) is 96.5 Å². The number of terminal acetylenes is 1. The molecule has 0 aliphatic carbocycles. The van der Waals surface area contributed by atoms with E-state index in [-0.39, 0.29) is 0 Å². The van der Waals surface area contributed by atoms with Crippen molar-refractivity contribution in [1.82, 2.24) is 0 Å². The van der Waals surface area contributed by atoms with Crippen LogP contribution in [0.3, 0.4) is 0 Å². The number of aliphatic hydroxyl groups excluding tert-OH is 1. The molecule has 0 rings (SSSR count). The van der Waals surface area contributed by atoms with E-state index in [9.17, 15) is 0 Å². The van der Waals surface area contributed by atoms with Gasteiger partial charge in [0, 0.05) is 0 Å². The molecule has 0 unspecified atom stereocenters. The second kappa shape index (κ2) is 16.6. The molecule has 0 aromatic carbocycles. The molecule has 0 aliphatic rings. The molecule has 0 aliphatic heterocycles. The van der Waals surface area contributed by atoms with Crippen LogP contribution in [0.4, 0.5) is 0 Å². The maximum Gasteiger partial charge on any atom is 0.133 e. The Kier molecular flexibility index (Phi) is 16.1.